The van der Waals surface area contributed by atoms with E-state index in [1.54, 1.807) is 18.5 Å². The van der Waals surface area contributed by atoms with E-state index in [4.69, 9.17) is 0 Å². The molecule has 4 heterocycles. The summed E-state index contributed by atoms with van der Waals surface area (Å²) in [7, 11) is 0. The Morgan fingerprint density at radius 3 is 2.74 bits per heavy atom. The monoisotopic (exact) mass is 369 g/mol. The first kappa shape index (κ1) is 16.5. The molecule has 1 saturated heterocycles. The second-order valence-corrected chi connectivity index (χ2v) is 7.54. The van der Waals surface area contributed by atoms with Crippen molar-refractivity contribution in [3.05, 3.63) is 35.7 Å². The first-order valence-corrected chi connectivity index (χ1v) is 9.61. The summed E-state index contributed by atoms with van der Waals surface area (Å²) < 4.78 is 1.93. The molecule has 1 atom stereocenters. The minimum Gasteiger partial charge on any atom is -0.367 e. The lowest BCUT2D eigenvalue weighted by atomic mass is 9.93. The highest BCUT2D eigenvalue weighted by atomic mass is 16.2. The predicted molar refractivity (Wildman–Crippen MR) is 96.1 cm³/mol. The standard InChI is InChI=1S/C18H23N7O2/c26-17(20-13-2-1-3-13)16-22-21-15-14-11-24(18(27)12-4-5-19-10-12)7-6-23(14)8-9-25(15)16/h4-5,10,13-14,19H,1-3,6-9,11H2,(H,20,26)/t14-/m1/s1. The number of aromatic amines is 1. The number of hydrogen-bond acceptors (Lipinski definition) is 5. The molecule has 2 fully saturated rings. The zero-order chi connectivity index (χ0) is 18.4. The van der Waals surface area contributed by atoms with Gasteiger partial charge in [-0.05, 0) is 25.3 Å². The Bertz CT molecular complexity index is 855. The number of fused-ring (bicyclic) bond motifs is 3. The lowest BCUT2D eigenvalue weighted by Gasteiger charge is -2.43. The van der Waals surface area contributed by atoms with Gasteiger partial charge in [-0.2, -0.15) is 0 Å². The summed E-state index contributed by atoms with van der Waals surface area (Å²) >= 11 is 0. The number of carbonyl (C=O) groups excluding carboxylic acids is 2. The normalized spacial score (nSPS) is 22.7. The van der Waals surface area contributed by atoms with Gasteiger partial charge in [0.15, 0.2) is 5.82 Å². The van der Waals surface area contributed by atoms with E-state index in [-0.39, 0.29) is 23.9 Å². The van der Waals surface area contributed by atoms with Gasteiger partial charge < -0.3 is 19.8 Å². The highest BCUT2D eigenvalue weighted by Gasteiger charge is 2.38. The van der Waals surface area contributed by atoms with Crippen LogP contribution in [0.5, 0.6) is 0 Å². The van der Waals surface area contributed by atoms with Gasteiger partial charge in [-0.1, -0.05) is 0 Å². The Kier molecular flexibility index (Phi) is 3.96. The molecule has 0 bridgehead atoms. The molecule has 9 heteroatoms. The van der Waals surface area contributed by atoms with Crippen LogP contribution in [0.2, 0.25) is 0 Å². The molecule has 1 saturated carbocycles. The van der Waals surface area contributed by atoms with Gasteiger partial charge in [0, 0.05) is 51.2 Å². The molecule has 2 amide bonds. The number of carbonyl (C=O) groups is 2. The van der Waals surface area contributed by atoms with E-state index in [0.29, 0.717) is 31.0 Å². The molecule has 27 heavy (non-hydrogen) atoms. The molecule has 142 valence electrons. The Morgan fingerprint density at radius 1 is 1.15 bits per heavy atom. The Balaban J connectivity index is 1.36. The molecule has 1 aliphatic carbocycles. The maximum atomic E-state index is 12.7. The van der Waals surface area contributed by atoms with Gasteiger partial charge in [0.25, 0.3) is 11.8 Å². The third kappa shape index (κ3) is 2.82. The zero-order valence-electron chi connectivity index (χ0n) is 15.1. The quantitative estimate of drug-likeness (QED) is 0.816. The van der Waals surface area contributed by atoms with Crippen molar-refractivity contribution in [3.8, 4) is 0 Å². The molecule has 0 unspecified atom stereocenters. The van der Waals surface area contributed by atoms with Crippen molar-refractivity contribution in [2.24, 2.45) is 0 Å². The van der Waals surface area contributed by atoms with Gasteiger partial charge in [-0.25, -0.2) is 0 Å². The van der Waals surface area contributed by atoms with Crippen LogP contribution < -0.4 is 5.32 Å². The van der Waals surface area contributed by atoms with Gasteiger partial charge in [-0.15, -0.1) is 10.2 Å². The third-order valence-electron chi connectivity index (χ3n) is 5.96. The second kappa shape index (κ2) is 6.49. The van der Waals surface area contributed by atoms with Crippen LogP contribution in [0.25, 0.3) is 0 Å². The van der Waals surface area contributed by atoms with Crippen LogP contribution in [0.15, 0.2) is 18.5 Å². The van der Waals surface area contributed by atoms with Gasteiger partial charge in [0.2, 0.25) is 5.82 Å². The highest BCUT2D eigenvalue weighted by molar-refractivity contribution is 5.94. The van der Waals surface area contributed by atoms with Crippen molar-refractivity contribution in [3.63, 3.8) is 0 Å². The summed E-state index contributed by atoms with van der Waals surface area (Å²) in [6.45, 7) is 3.61. The molecule has 0 aromatic carbocycles. The average molecular weight is 369 g/mol. The molecule has 3 aliphatic rings. The summed E-state index contributed by atoms with van der Waals surface area (Å²) in [6.07, 6.45) is 6.73. The smallest absolute Gasteiger partial charge is 0.289 e. The predicted octanol–water partition coefficient (Wildman–Crippen LogP) is 0.401. The Morgan fingerprint density at radius 2 is 2.00 bits per heavy atom. The Labute approximate surface area is 156 Å². The fourth-order valence-corrected chi connectivity index (χ4v) is 4.14. The number of nitrogens with zero attached hydrogens (tertiary/aromatic N) is 5. The van der Waals surface area contributed by atoms with Crippen molar-refractivity contribution in [1.29, 1.82) is 0 Å². The highest BCUT2D eigenvalue weighted by Crippen LogP contribution is 2.29. The van der Waals surface area contributed by atoms with E-state index in [9.17, 15) is 9.59 Å². The first-order valence-electron chi connectivity index (χ1n) is 9.61. The van der Waals surface area contributed by atoms with Crippen molar-refractivity contribution < 1.29 is 9.59 Å². The zero-order valence-corrected chi connectivity index (χ0v) is 15.1. The van der Waals surface area contributed by atoms with Gasteiger partial charge in [0.1, 0.15) is 0 Å². The van der Waals surface area contributed by atoms with Crippen molar-refractivity contribution >= 4 is 11.8 Å². The first-order chi connectivity index (χ1) is 13.2. The van der Waals surface area contributed by atoms with E-state index < -0.39 is 0 Å². The third-order valence-corrected chi connectivity index (χ3v) is 5.96. The van der Waals surface area contributed by atoms with E-state index in [1.807, 2.05) is 9.47 Å². The lowest BCUT2D eigenvalue weighted by Crippen LogP contribution is -2.53. The minimum atomic E-state index is -0.136. The number of nitrogens with one attached hydrogen (secondary N) is 2. The van der Waals surface area contributed by atoms with Crippen LogP contribution >= 0.6 is 0 Å². The van der Waals surface area contributed by atoms with Crippen LogP contribution in [0.1, 0.15) is 52.1 Å². The lowest BCUT2D eigenvalue weighted by molar-refractivity contribution is 0.0372. The van der Waals surface area contributed by atoms with Crippen molar-refractivity contribution in [1.82, 2.24) is 34.9 Å². The second-order valence-electron chi connectivity index (χ2n) is 7.54. The van der Waals surface area contributed by atoms with Crippen LogP contribution in [0.3, 0.4) is 0 Å². The Hall–Kier alpha value is -2.68. The van der Waals surface area contributed by atoms with Crippen molar-refractivity contribution in [2.45, 2.75) is 37.9 Å². The number of aromatic nitrogens is 4. The van der Waals surface area contributed by atoms with E-state index in [1.165, 1.54) is 6.42 Å². The molecular formula is C18H23N7O2. The molecule has 5 rings (SSSR count). The molecule has 2 aromatic rings. The number of amides is 2. The largest absolute Gasteiger partial charge is 0.367 e. The number of rotatable bonds is 3. The van der Waals surface area contributed by atoms with E-state index in [2.05, 4.69) is 25.4 Å². The van der Waals surface area contributed by atoms with E-state index in [0.717, 1.165) is 31.8 Å². The molecular weight excluding hydrogens is 346 g/mol. The fourth-order valence-electron chi connectivity index (χ4n) is 4.14. The van der Waals surface area contributed by atoms with Crippen LogP contribution in [-0.4, -0.2) is 73.6 Å². The summed E-state index contributed by atoms with van der Waals surface area (Å²) in [4.78, 5) is 32.4. The van der Waals surface area contributed by atoms with Gasteiger partial charge >= 0.3 is 0 Å². The molecule has 9 nitrogen and oxygen atoms in total. The topological polar surface area (TPSA) is 99.2 Å². The number of piperazine rings is 1. The van der Waals surface area contributed by atoms with Gasteiger partial charge in [-0.3, -0.25) is 14.5 Å². The molecule has 0 radical (unpaired) electrons. The van der Waals surface area contributed by atoms with Crippen LogP contribution in [0.4, 0.5) is 0 Å². The SMILES string of the molecule is O=C(NC1CCC1)c1nnc2n1CCN1CCN(C(=O)c3cc[nH]c3)C[C@H]21. The molecule has 2 aromatic heterocycles. The van der Waals surface area contributed by atoms with Crippen LogP contribution in [0, 0.1) is 0 Å². The molecule has 0 spiro atoms. The summed E-state index contributed by atoms with van der Waals surface area (Å²) in [5, 5.41) is 11.6. The van der Waals surface area contributed by atoms with E-state index >= 15 is 0 Å². The maximum absolute atomic E-state index is 12.7. The van der Waals surface area contributed by atoms with Crippen LogP contribution in [-0.2, 0) is 6.54 Å². The summed E-state index contributed by atoms with van der Waals surface area (Å²) in [5.74, 6) is 1.07. The summed E-state index contributed by atoms with van der Waals surface area (Å²) in [6, 6.07) is 2.05. The van der Waals surface area contributed by atoms with Gasteiger partial charge in [0.05, 0.1) is 11.6 Å². The average Bonchev–Trinajstić information content (AvgIpc) is 3.33. The minimum absolute atomic E-state index is 0.0202. The number of hydrogen-bond donors (Lipinski definition) is 2. The fraction of sp³-hybridized carbons (Fsp3) is 0.556. The summed E-state index contributed by atoms with van der Waals surface area (Å²) in [5.41, 5.74) is 0.668. The van der Waals surface area contributed by atoms with Crippen molar-refractivity contribution in [2.75, 3.05) is 26.2 Å². The maximum Gasteiger partial charge on any atom is 0.289 e. The molecule has 2 aliphatic heterocycles. The molecule has 2 N–H and O–H groups in total. The number of H-pyrrole nitrogens is 1.